The van der Waals surface area contributed by atoms with Crippen LogP contribution in [0.25, 0.3) is 0 Å². The lowest BCUT2D eigenvalue weighted by Gasteiger charge is -2.11. The minimum atomic E-state index is -0.479. The lowest BCUT2D eigenvalue weighted by Crippen LogP contribution is -2.11. The standard InChI is InChI=1S/C14H11Cl3N2O/c15-11-4-5-12(16)13(17)10(11)7-19-9-3-1-2-8(6-9)14(18)20/h1-6,19H,7H2,(H2,18,20). The Kier molecular flexibility index (Phi) is 4.76. The van der Waals surface area contributed by atoms with E-state index in [0.29, 0.717) is 32.7 Å². The Morgan fingerprint density at radius 1 is 1.10 bits per heavy atom. The summed E-state index contributed by atoms with van der Waals surface area (Å²) in [6.07, 6.45) is 0. The minimum absolute atomic E-state index is 0.389. The fourth-order valence-corrected chi connectivity index (χ4v) is 2.39. The number of benzene rings is 2. The van der Waals surface area contributed by atoms with Crippen molar-refractivity contribution in [3.8, 4) is 0 Å². The van der Waals surface area contributed by atoms with Crippen molar-refractivity contribution in [3.63, 3.8) is 0 Å². The molecule has 0 atom stereocenters. The number of primary amides is 1. The summed E-state index contributed by atoms with van der Waals surface area (Å²) in [6, 6.07) is 10.2. The van der Waals surface area contributed by atoms with Gasteiger partial charge in [-0.15, -0.1) is 0 Å². The zero-order valence-electron chi connectivity index (χ0n) is 10.3. The highest BCUT2D eigenvalue weighted by Gasteiger charge is 2.09. The van der Waals surface area contributed by atoms with Crippen LogP contribution in [0.5, 0.6) is 0 Å². The number of nitrogens with one attached hydrogen (secondary N) is 1. The first-order valence-corrected chi connectivity index (χ1v) is 6.88. The van der Waals surface area contributed by atoms with E-state index in [1.54, 1.807) is 30.3 Å². The average Bonchev–Trinajstić information content (AvgIpc) is 2.43. The van der Waals surface area contributed by atoms with Crippen molar-refractivity contribution in [2.24, 2.45) is 5.73 Å². The molecule has 2 rings (SSSR count). The number of amides is 1. The summed E-state index contributed by atoms with van der Waals surface area (Å²) in [5.41, 5.74) is 7.10. The van der Waals surface area contributed by atoms with E-state index in [1.165, 1.54) is 0 Å². The predicted octanol–water partition coefficient (Wildman–Crippen LogP) is 4.36. The van der Waals surface area contributed by atoms with Crippen LogP contribution in [0.1, 0.15) is 15.9 Å². The molecule has 3 nitrogen and oxygen atoms in total. The highest BCUT2D eigenvalue weighted by molar-refractivity contribution is 6.44. The van der Waals surface area contributed by atoms with Crippen molar-refractivity contribution in [2.75, 3.05) is 5.32 Å². The molecule has 0 aromatic heterocycles. The summed E-state index contributed by atoms with van der Waals surface area (Å²) < 4.78 is 0. The van der Waals surface area contributed by atoms with E-state index in [4.69, 9.17) is 40.5 Å². The second kappa shape index (κ2) is 6.35. The van der Waals surface area contributed by atoms with E-state index in [-0.39, 0.29) is 0 Å². The maximum absolute atomic E-state index is 11.1. The van der Waals surface area contributed by atoms with Crippen LogP contribution in [-0.4, -0.2) is 5.91 Å². The quantitative estimate of drug-likeness (QED) is 0.819. The van der Waals surface area contributed by atoms with Gasteiger partial charge in [-0.3, -0.25) is 4.79 Å². The molecule has 0 saturated carbocycles. The van der Waals surface area contributed by atoms with Gasteiger partial charge in [0.2, 0.25) is 5.91 Å². The number of halogens is 3. The molecule has 2 aromatic rings. The highest BCUT2D eigenvalue weighted by atomic mass is 35.5. The summed E-state index contributed by atoms with van der Waals surface area (Å²) in [5, 5.41) is 4.51. The summed E-state index contributed by atoms with van der Waals surface area (Å²) in [4.78, 5) is 11.1. The van der Waals surface area contributed by atoms with Crippen LogP contribution < -0.4 is 11.1 Å². The topological polar surface area (TPSA) is 55.1 Å². The number of anilines is 1. The molecule has 0 fully saturated rings. The largest absolute Gasteiger partial charge is 0.381 e. The van der Waals surface area contributed by atoms with Gasteiger partial charge in [0, 0.05) is 28.4 Å². The molecule has 0 unspecified atom stereocenters. The normalized spacial score (nSPS) is 10.3. The van der Waals surface area contributed by atoms with Gasteiger partial charge >= 0.3 is 0 Å². The van der Waals surface area contributed by atoms with Gasteiger partial charge in [0.05, 0.1) is 10.0 Å². The van der Waals surface area contributed by atoms with Crippen molar-refractivity contribution in [1.29, 1.82) is 0 Å². The Bertz CT molecular complexity index is 659. The van der Waals surface area contributed by atoms with Gasteiger partial charge in [-0.2, -0.15) is 0 Å². The molecule has 6 heteroatoms. The van der Waals surface area contributed by atoms with E-state index in [2.05, 4.69) is 5.32 Å². The molecule has 0 aliphatic carbocycles. The number of hydrogen-bond donors (Lipinski definition) is 2. The SMILES string of the molecule is NC(=O)c1cccc(NCc2c(Cl)ccc(Cl)c2Cl)c1. The highest BCUT2D eigenvalue weighted by Crippen LogP contribution is 2.31. The summed E-state index contributed by atoms with van der Waals surface area (Å²) in [6.45, 7) is 0.389. The Balaban J connectivity index is 2.19. The Hall–Kier alpha value is -1.42. The molecule has 1 amide bonds. The van der Waals surface area contributed by atoms with Gasteiger partial charge in [0.25, 0.3) is 0 Å². The smallest absolute Gasteiger partial charge is 0.248 e. The van der Waals surface area contributed by atoms with Crippen LogP contribution in [0, 0.1) is 0 Å². The number of nitrogens with two attached hydrogens (primary N) is 1. The molecule has 0 aliphatic rings. The van der Waals surface area contributed by atoms with Crippen LogP contribution >= 0.6 is 34.8 Å². The molecular weight excluding hydrogens is 319 g/mol. The van der Waals surface area contributed by atoms with Gasteiger partial charge in [-0.1, -0.05) is 40.9 Å². The van der Waals surface area contributed by atoms with Crippen molar-refractivity contribution in [3.05, 3.63) is 62.6 Å². The van der Waals surface area contributed by atoms with Gasteiger partial charge < -0.3 is 11.1 Å². The first kappa shape index (κ1) is 15.0. The molecular formula is C14H11Cl3N2O. The van der Waals surface area contributed by atoms with Crippen molar-refractivity contribution in [2.45, 2.75) is 6.54 Å². The predicted molar refractivity (Wildman–Crippen MR) is 83.8 cm³/mol. The van der Waals surface area contributed by atoms with Crippen LogP contribution in [0.2, 0.25) is 15.1 Å². The molecule has 0 heterocycles. The van der Waals surface area contributed by atoms with Crippen LogP contribution in [0.4, 0.5) is 5.69 Å². The molecule has 104 valence electrons. The van der Waals surface area contributed by atoms with Crippen molar-refractivity contribution < 1.29 is 4.79 Å². The van der Waals surface area contributed by atoms with Crippen LogP contribution in [0.15, 0.2) is 36.4 Å². The molecule has 0 bridgehead atoms. The number of rotatable bonds is 4. The first-order chi connectivity index (χ1) is 9.49. The molecule has 2 aromatic carbocycles. The lowest BCUT2D eigenvalue weighted by molar-refractivity contribution is 0.100. The maximum Gasteiger partial charge on any atom is 0.248 e. The van der Waals surface area contributed by atoms with Crippen LogP contribution in [0.3, 0.4) is 0 Å². The van der Waals surface area contributed by atoms with E-state index < -0.39 is 5.91 Å². The van der Waals surface area contributed by atoms with Gasteiger partial charge in [-0.25, -0.2) is 0 Å². The average molecular weight is 330 g/mol. The Morgan fingerprint density at radius 2 is 1.80 bits per heavy atom. The van der Waals surface area contributed by atoms with Crippen molar-refractivity contribution >= 4 is 46.4 Å². The zero-order valence-corrected chi connectivity index (χ0v) is 12.6. The molecule has 20 heavy (non-hydrogen) atoms. The molecule has 0 spiro atoms. The molecule has 0 aliphatic heterocycles. The summed E-state index contributed by atoms with van der Waals surface area (Å²) in [7, 11) is 0. The third kappa shape index (κ3) is 3.37. The third-order valence-corrected chi connectivity index (χ3v) is 3.95. The number of carbonyl (C=O) groups excluding carboxylic acids is 1. The summed E-state index contributed by atoms with van der Waals surface area (Å²) in [5.74, 6) is -0.479. The van der Waals surface area contributed by atoms with E-state index in [9.17, 15) is 4.79 Å². The fourth-order valence-electron chi connectivity index (χ4n) is 1.70. The van der Waals surface area contributed by atoms with E-state index >= 15 is 0 Å². The Labute approximate surface area is 131 Å². The maximum atomic E-state index is 11.1. The number of carbonyl (C=O) groups is 1. The lowest BCUT2D eigenvalue weighted by atomic mass is 10.1. The van der Waals surface area contributed by atoms with Gasteiger partial charge in [0.1, 0.15) is 0 Å². The van der Waals surface area contributed by atoms with E-state index in [0.717, 1.165) is 5.69 Å². The monoisotopic (exact) mass is 328 g/mol. The minimum Gasteiger partial charge on any atom is -0.381 e. The third-order valence-electron chi connectivity index (χ3n) is 2.76. The zero-order chi connectivity index (χ0) is 14.7. The second-order valence-corrected chi connectivity index (χ2v) is 5.31. The summed E-state index contributed by atoms with van der Waals surface area (Å²) >= 11 is 18.2. The van der Waals surface area contributed by atoms with Crippen LogP contribution in [-0.2, 0) is 6.54 Å². The molecule has 0 radical (unpaired) electrons. The van der Waals surface area contributed by atoms with Gasteiger partial charge in [-0.05, 0) is 30.3 Å². The Morgan fingerprint density at radius 3 is 2.50 bits per heavy atom. The van der Waals surface area contributed by atoms with E-state index in [1.807, 2.05) is 6.07 Å². The second-order valence-electron chi connectivity index (χ2n) is 4.12. The van der Waals surface area contributed by atoms with Crippen molar-refractivity contribution in [1.82, 2.24) is 0 Å². The molecule has 3 N–H and O–H groups in total. The first-order valence-electron chi connectivity index (χ1n) is 5.75. The fraction of sp³-hybridized carbons (Fsp3) is 0.0714. The number of hydrogen-bond acceptors (Lipinski definition) is 2. The molecule has 0 saturated heterocycles. The van der Waals surface area contributed by atoms with Gasteiger partial charge in [0.15, 0.2) is 0 Å².